The Morgan fingerprint density at radius 3 is 2.82 bits per heavy atom. The lowest BCUT2D eigenvalue weighted by atomic mass is 10.1. The molecule has 0 saturated carbocycles. The number of imidazole rings is 1. The summed E-state index contributed by atoms with van der Waals surface area (Å²) < 4.78 is 7.44. The Labute approximate surface area is 167 Å². The van der Waals surface area contributed by atoms with Gasteiger partial charge in [0.2, 0.25) is 0 Å². The van der Waals surface area contributed by atoms with Gasteiger partial charge in [-0.3, -0.25) is 14.3 Å². The van der Waals surface area contributed by atoms with Crippen LogP contribution in [0.1, 0.15) is 48.6 Å². The summed E-state index contributed by atoms with van der Waals surface area (Å²) in [5.74, 6) is 1.15. The molecular formula is C19H24N6O2S. The van der Waals surface area contributed by atoms with Gasteiger partial charge < -0.3 is 9.42 Å². The first kappa shape index (κ1) is 18.8. The van der Waals surface area contributed by atoms with Crippen LogP contribution in [0, 0.1) is 0 Å². The van der Waals surface area contributed by atoms with E-state index >= 15 is 0 Å². The fraction of sp³-hybridized carbons (Fsp3) is 0.474. The smallest absolute Gasteiger partial charge is 0.272 e. The predicted molar refractivity (Wildman–Crippen MR) is 106 cm³/mol. The summed E-state index contributed by atoms with van der Waals surface area (Å²) >= 11 is 1.56. The number of carbonyl (C=O) groups excluding carboxylic acids is 1. The molecule has 0 aromatic carbocycles. The molecule has 0 N–H and O–H groups in total. The SMILES string of the molecule is CCCN(CCC)Cc1noc(-c2csc3c2CN(C)C(=O)c2cncn2-3)n1. The maximum absolute atomic E-state index is 12.6. The maximum atomic E-state index is 12.6. The molecule has 0 radical (unpaired) electrons. The van der Waals surface area contributed by atoms with E-state index in [1.165, 1.54) is 0 Å². The molecule has 9 heteroatoms. The maximum Gasteiger partial charge on any atom is 0.272 e. The van der Waals surface area contributed by atoms with Crippen LogP contribution in [0.15, 0.2) is 22.4 Å². The first-order valence-corrected chi connectivity index (χ1v) is 10.4. The third kappa shape index (κ3) is 3.35. The molecule has 0 atom stereocenters. The first-order valence-electron chi connectivity index (χ1n) is 9.56. The number of aromatic nitrogens is 4. The van der Waals surface area contributed by atoms with Crippen LogP contribution < -0.4 is 0 Å². The van der Waals surface area contributed by atoms with Crippen molar-refractivity contribution >= 4 is 17.2 Å². The fourth-order valence-corrected chi connectivity index (χ4v) is 4.60. The average Bonchev–Trinajstić information content (AvgIpc) is 3.39. The summed E-state index contributed by atoms with van der Waals surface area (Å²) in [7, 11) is 1.79. The molecule has 0 spiro atoms. The van der Waals surface area contributed by atoms with Crippen LogP contribution in [0.3, 0.4) is 0 Å². The molecule has 1 aliphatic rings. The van der Waals surface area contributed by atoms with Gasteiger partial charge in [0, 0.05) is 24.5 Å². The van der Waals surface area contributed by atoms with Crippen molar-refractivity contribution in [2.24, 2.45) is 0 Å². The highest BCUT2D eigenvalue weighted by Gasteiger charge is 2.29. The molecular weight excluding hydrogens is 376 g/mol. The van der Waals surface area contributed by atoms with Crippen LogP contribution in [0.4, 0.5) is 0 Å². The number of thiophene rings is 1. The molecule has 3 aromatic rings. The van der Waals surface area contributed by atoms with Crippen LogP contribution in [-0.2, 0) is 13.1 Å². The molecule has 4 rings (SSSR count). The highest BCUT2D eigenvalue weighted by atomic mass is 32.1. The van der Waals surface area contributed by atoms with Crippen molar-refractivity contribution in [2.75, 3.05) is 20.1 Å². The molecule has 148 valence electrons. The van der Waals surface area contributed by atoms with Crippen molar-refractivity contribution in [3.8, 4) is 16.5 Å². The van der Waals surface area contributed by atoms with E-state index in [9.17, 15) is 4.79 Å². The van der Waals surface area contributed by atoms with Gasteiger partial charge >= 0.3 is 0 Å². The summed E-state index contributed by atoms with van der Waals surface area (Å²) in [6.45, 7) is 7.55. The van der Waals surface area contributed by atoms with Crippen molar-refractivity contribution in [2.45, 2.75) is 39.8 Å². The topological polar surface area (TPSA) is 80.3 Å². The zero-order valence-corrected chi connectivity index (χ0v) is 17.2. The van der Waals surface area contributed by atoms with E-state index in [-0.39, 0.29) is 5.91 Å². The number of hydrogen-bond acceptors (Lipinski definition) is 7. The second kappa shape index (κ2) is 7.84. The van der Waals surface area contributed by atoms with E-state index in [1.54, 1.807) is 35.8 Å². The normalized spacial score (nSPS) is 13.7. The fourth-order valence-electron chi connectivity index (χ4n) is 3.56. The van der Waals surface area contributed by atoms with E-state index in [1.807, 2.05) is 9.95 Å². The van der Waals surface area contributed by atoms with Crippen molar-refractivity contribution in [1.29, 1.82) is 0 Å². The average molecular weight is 401 g/mol. The van der Waals surface area contributed by atoms with Gasteiger partial charge in [-0.05, 0) is 25.9 Å². The molecule has 0 unspecified atom stereocenters. The zero-order valence-electron chi connectivity index (χ0n) is 16.4. The van der Waals surface area contributed by atoms with Crippen LogP contribution in [0.2, 0.25) is 0 Å². The van der Waals surface area contributed by atoms with E-state index in [2.05, 4.69) is 33.9 Å². The largest absolute Gasteiger partial charge is 0.336 e. The Balaban J connectivity index is 1.65. The summed E-state index contributed by atoms with van der Waals surface area (Å²) in [6, 6.07) is 0. The van der Waals surface area contributed by atoms with Crippen LogP contribution in [0.5, 0.6) is 0 Å². The second-order valence-electron chi connectivity index (χ2n) is 7.04. The molecule has 4 heterocycles. The third-order valence-electron chi connectivity index (χ3n) is 4.83. The standard InChI is InChI=1S/C19H24N6O2S/c1-4-6-24(7-5-2)10-16-21-17(27-22-16)14-11-28-19-13(14)9-23(3)18(26)15-8-20-12-25(15)19/h8,11-12H,4-7,9-10H2,1-3H3. The van der Waals surface area contributed by atoms with Gasteiger partial charge in [-0.25, -0.2) is 4.98 Å². The molecule has 0 fully saturated rings. The van der Waals surface area contributed by atoms with Crippen molar-refractivity contribution < 1.29 is 9.32 Å². The molecule has 1 amide bonds. The summed E-state index contributed by atoms with van der Waals surface area (Å²) in [4.78, 5) is 25.4. The molecule has 8 nitrogen and oxygen atoms in total. The van der Waals surface area contributed by atoms with Crippen molar-refractivity contribution in [3.05, 3.63) is 35.0 Å². The minimum atomic E-state index is -0.0483. The highest BCUT2D eigenvalue weighted by Crippen LogP contribution is 2.36. The Hall–Kier alpha value is -2.52. The predicted octanol–water partition coefficient (Wildman–Crippen LogP) is 3.19. The van der Waals surface area contributed by atoms with Gasteiger partial charge in [0.05, 0.1) is 18.3 Å². The number of rotatable bonds is 7. The Kier molecular flexibility index (Phi) is 5.27. The Bertz CT molecular complexity index is 969. The molecule has 0 aliphatic carbocycles. The van der Waals surface area contributed by atoms with Gasteiger partial charge in [0.1, 0.15) is 17.0 Å². The number of hydrogen-bond donors (Lipinski definition) is 0. The Morgan fingerprint density at radius 2 is 2.07 bits per heavy atom. The summed E-state index contributed by atoms with van der Waals surface area (Å²) in [6.07, 6.45) is 5.47. The van der Waals surface area contributed by atoms with Gasteiger partial charge in [0.25, 0.3) is 11.8 Å². The molecule has 3 aromatic heterocycles. The van der Waals surface area contributed by atoms with Crippen LogP contribution >= 0.6 is 11.3 Å². The van der Waals surface area contributed by atoms with Crippen LogP contribution in [0.25, 0.3) is 16.5 Å². The number of carbonyl (C=O) groups is 1. The van der Waals surface area contributed by atoms with Crippen molar-refractivity contribution in [3.63, 3.8) is 0 Å². The van der Waals surface area contributed by atoms with E-state index in [0.29, 0.717) is 30.5 Å². The number of amides is 1. The lowest BCUT2D eigenvalue weighted by molar-refractivity contribution is 0.0782. The summed E-state index contributed by atoms with van der Waals surface area (Å²) in [5.41, 5.74) is 2.46. The monoisotopic (exact) mass is 400 g/mol. The van der Waals surface area contributed by atoms with E-state index in [4.69, 9.17) is 4.52 Å². The van der Waals surface area contributed by atoms with Gasteiger partial charge in [0.15, 0.2) is 5.82 Å². The third-order valence-corrected chi connectivity index (χ3v) is 5.85. The minimum absolute atomic E-state index is 0.0483. The lowest BCUT2D eigenvalue weighted by Crippen LogP contribution is -2.25. The molecule has 28 heavy (non-hydrogen) atoms. The van der Waals surface area contributed by atoms with E-state index in [0.717, 1.165) is 42.1 Å². The lowest BCUT2D eigenvalue weighted by Gasteiger charge is -2.18. The molecule has 1 aliphatic heterocycles. The second-order valence-corrected chi connectivity index (χ2v) is 7.89. The highest BCUT2D eigenvalue weighted by molar-refractivity contribution is 7.13. The number of nitrogens with zero attached hydrogens (tertiary/aromatic N) is 6. The molecule has 0 saturated heterocycles. The summed E-state index contributed by atoms with van der Waals surface area (Å²) in [5, 5.41) is 7.18. The van der Waals surface area contributed by atoms with Crippen molar-refractivity contribution in [1.82, 2.24) is 29.5 Å². The zero-order chi connectivity index (χ0) is 19.7. The van der Waals surface area contributed by atoms with Gasteiger partial charge in [-0.1, -0.05) is 19.0 Å². The van der Waals surface area contributed by atoms with E-state index < -0.39 is 0 Å². The quantitative estimate of drug-likeness (QED) is 0.606. The van der Waals surface area contributed by atoms with Gasteiger partial charge in [-0.15, -0.1) is 11.3 Å². The minimum Gasteiger partial charge on any atom is -0.336 e. The molecule has 0 bridgehead atoms. The Morgan fingerprint density at radius 1 is 1.29 bits per heavy atom. The van der Waals surface area contributed by atoms with Gasteiger partial charge in [-0.2, -0.15) is 4.98 Å². The first-order chi connectivity index (χ1) is 13.6. The number of fused-ring (bicyclic) bond motifs is 3. The van der Waals surface area contributed by atoms with Crippen LogP contribution in [-0.4, -0.2) is 55.5 Å².